The van der Waals surface area contributed by atoms with Gasteiger partial charge in [-0.15, -0.1) is 0 Å². The molecule has 0 unspecified atom stereocenters. The maximum absolute atomic E-state index is 11.5. The van der Waals surface area contributed by atoms with Crippen LogP contribution in [-0.2, 0) is 27.1 Å². The molecule has 0 spiro atoms. The van der Waals surface area contributed by atoms with Crippen LogP contribution in [0.2, 0.25) is 0 Å². The molecule has 22 heavy (non-hydrogen) atoms. The van der Waals surface area contributed by atoms with E-state index in [4.69, 9.17) is 9.47 Å². The number of methoxy groups -OCH3 is 2. The van der Waals surface area contributed by atoms with Crippen molar-refractivity contribution in [1.82, 2.24) is 0 Å². The Morgan fingerprint density at radius 2 is 1.91 bits per heavy atom. The predicted molar refractivity (Wildman–Crippen MR) is 86.3 cm³/mol. The minimum Gasteiger partial charge on any atom is -0.496 e. The van der Waals surface area contributed by atoms with Crippen LogP contribution in [0.15, 0.2) is 42.5 Å². The fraction of sp³-hybridized carbons (Fsp3) is 0.211. The Bertz CT molecular complexity index is 744. The van der Waals surface area contributed by atoms with Crippen LogP contribution in [-0.4, -0.2) is 20.2 Å². The zero-order valence-corrected chi connectivity index (χ0v) is 12.8. The molecule has 0 radical (unpaired) electrons. The molecule has 0 saturated carbocycles. The van der Waals surface area contributed by atoms with Gasteiger partial charge in [0.15, 0.2) is 0 Å². The Balaban J connectivity index is 2.06. The Hall–Kier alpha value is -2.55. The number of ether oxygens (including phenoxy) is 2. The normalized spacial score (nSPS) is 12.5. The van der Waals surface area contributed by atoms with Crippen LogP contribution in [0.25, 0.3) is 11.8 Å². The first kappa shape index (κ1) is 14.4. The largest absolute Gasteiger partial charge is 0.496 e. The van der Waals surface area contributed by atoms with E-state index in [0.29, 0.717) is 0 Å². The second-order valence-electron chi connectivity index (χ2n) is 5.33. The SMILES string of the molecule is COC(=O)Cc1ccc2c(c1)C(OC)=Cc1ccccc1C2. The second kappa shape index (κ2) is 6.06. The van der Waals surface area contributed by atoms with Crippen molar-refractivity contribution < 1.29 is 14.3 Å². The van der Waals surface area contributed by atoms with E-state index in [2.05, 4.69) is 30.3 Å². The van der Waals surface area contributed by atoms with Crippen molar-refractivity contribution in [3.8, 4) is 0 Å². The highest BCUT2D eigenvalue weighted by molar-refractivity contribution is 5.82. The molecule has 3 heteroatoms. The molecule has 0 bridgehead atoms. The van der Waals surface area contributed by atoms with Crippen LogP contribution in [0.1, 0.15) is 27.8 Å². The average Bonchev–Trinajstić information content (AvgIpc) is 2.70. The summed E-state index contributed by atoms with van der Waals surface area (Å²) in [6.45, 7) is 0. The smallest absolute Gasteiger partial charge is 0.309 e. The Labute approximate surface area is 130 Å². The van der Waals surface area contributed by atoms with Crippen LogP contribution in [0.4, 0.5) is 0 Å². The van der Waals surface area contributed by atoms with Gasteiger partial charge >= 0.3 is 5.97 Å². The third-order valence-electron chi connectivity index (χ3n) is 3.96. The predicted octanol–water partition coefficient (Wildman–Crippen LogP) is 3.45. The van der Waals surface area contributed by atoms with Gasteiger partial charge in [0, 0.05) is 5.56 Å². The lowest BCUT2D eigenvalue weighted by atomic mass is 9.97. The van der Waals surface area contributed by atoms with Crippen LogP contribution >= 0.6 is 0 Å². The van der Waals surface area contributed by atoms with Gasteiger partial charge in [-0.05, 0) is 40.8 Å². The Kier molecular flexibility index (Phi) is 3.96. The molecule has 2 aromatic rings. The minimum absolute atomic E-state index is 0.236. The molecule has 3 rings (SSSR count). The zero-order valence-electron chi connectivity index (χ0n) is 12.8. The van der Waals surface area contributed by atoms with E-state index in [1.165, 1.54) is 23.8 Å². The number of hydrogen-bond acceptors (Lipinski definition) is 3. The van der Waals surface area contributed by atoms with Gasteiger partial charge in [0.05, 0.1) is 20.6 Å². The summed E-state index contributed by atoms with van der Waals surface area (Å²) in [5, 5.41) is 0. The summed E-state index contributed by atoms with van der Waals surface area (Å²) in [7, 11) is 3.08. The summed E-state index contributed by atoms with van der Waals surface area (Å²) in [6.07, 6.45) is 3.18. The molecule has 0 N–H and O–H groups in total. The zero-order chi connectivity index (χ0) is 15.5. The van der Waals surface area contributed by atoms with Crippen molar-refractivity contribution in [1.29, 1.82) is 0 Å². The molecule has 3 nitrogen and oxygen atoms in total. The fourth-order valence-electron chi connectivity index (χ4n) is 2.78. The summed E-state index contributed by atoms with van der Waals surface area (Å²) in [5.41, 5.74) is 5.62. The van der Waals surface area contributed by atoms with Crippen molar-refractivity contribution in [3.05, 3.63) is 70.3 Å². The first-order valence-electron chi connectivity index (χ1n) is 7.24. The topological polar surface area (TPSA) is 35.5 Å². The van der Waals surface area contributed by atoms with Gasteiger partial charge in [-0.3, -0.25) is 4.79 Å². The molecule has 2 aromatic carbocycles. The summed E-state index contributed by atoms with van der Waals surface area (Å²) in [6, 6.07) is 14.4. The van der Waals surface area contributed by atoms with Gasteiger partial charge in [-0.2, -0.15) is 0 Å². The van der Waals surface area contributed by atoms with Gasteiger partial charge in [-0.25, -0.2) is 0 Å². The number of carbonyl (C=O) groups is 1. The lowest BCUT2D eigenvalue weighted by molar-refractivity contribution is -0.139. The van der Waals surface area contributed by atoms with E-state index in [1.807, 2.05) is 18.2 Å². The minimum atomic E-state index is -0.236. The molecule has 0 aromatic heterocycles. The summed E-state index contributed by atoms with van der Waals surface area (Å²) < 4.78 is 10.3. The maximum atomic E-state index is 11.5. The standard InChI is InChI=1S/C19H18O3/c1-21-18-12-15-6-4-3-5-14(15)11-16-8-7-13(9-17(16)18)10-19(20)22-2/h3-9,12H,10-11H2,1-2H3. The van der Waals surface area contributed by atoms with E-state index < -0.39 is 0 Å². The summed E-state index contributed by atoms with van der Waals surface area (Å²) in [4.78, 5) is 11.5. The van der Waals surface area contributed by atoms with E-state index >= 15 is 0 Å². The first-order chi connectivity index (χ1) is 10.7. The van der Waals surface area contributed by atoms with E-state index in [-0.39, 0.29) is 12.4 Å². The third-order valence-corrected chi connectivity index (χ3v) is 3.96. The van der Waals surface area contributed by atoms with E-state index in [1.54, 1.807) is 7.11 Å². The van der Waals surface area contributed by atoms with Gasteiger partial charge < -0.3 is 9.47 Å². The number of esters is 1. The van der Waals surface area contributed by atoms with E-state index in [0.717, 1.165) is 23.3 Å². The van der Waals surface area contributed by atoms with Crippen LogP contribution < -0.4 is 0 Å². The van der Waals surface area contributed by atoms with Gasteiger partial charge in [0.1, 0.15) is 5.76 Å². The Morgan fingerprint density at radius 3 is 2.68 bits per heavy atom. The number of hydrogen-bond donors (Lipinski definition) is 0. The molecule has 0 saturated heterocycles. The summed E-state index contributed by atoms with van der Waals surface area (Å²) >= 11 is 0. The maximum Gasteiger partial charge on any atom is 0.309 e. The fourth-order valence-corrected chi connectivity index (χ4v) is 2.78. The Morgan fingerprint density at radius 1 is 1.09 bits per heavy atom. The average molecular weight is 294 g/mol. The number of benzene rings is 2. The highest BCUT2D eigenvalue weighted by Crippen LogP contribution is 2.31. The second-order valence-corrected chi connectivity index (χ2v) is 5.33. The molecule has 112 valence electrons. The monoisotopic (exact) mass is 294 g/mol. The number of carbonyl (C=O) groups excluding carboxylic acids is 1. The molecule has 0 aliphatic heterocycles. The molecule has 0 fully saturated rings. The summed E-state index contributed by atoms with van der Waals surface area (Å²) in [5.74, 6) is 0.589. The van der Waals surface area contributed by atoms with Crippen LogP contribution in [0.3, 0.4) is 0 Å². The molecule has 1 aliphatic rings. The molecule has 0 heterocycles. The van der Waals surface area contributed by atoms with Crippen molar-refractivity contribution in [2.45, 2.75) is 12.8 Å². The highest BCUT2D eigenvalue weighted by atomic mass is 16.5. The highest BCUT2D eigenvalue weighted by Gasteiger charge is 2.16. The van der Waals surface area contributed by atoms with Gasteiger partial charge in [0.25, 0.3) is 0 Å². The first-order valence-corrected chi connectivity index (χ1v) is 7.24. The molecular weight excluding hydrogens is 276 g/mol. The van der Waals surface area contributed by atoms with Crippen molar-refractivity contribution >= 4 is 17.8 Å². The lowest BCUT2D eigenvalue weighted by Gasteiger charge is -2.11. The lowest BCUT2D eigenvalue weighted by Crippen LogP contribution is -2.05. The van der Waals surface area contributed by atoms with Crippen molar-refractivity contribution in [3.63, 3.8) is 0 Å². The molecular formula is C19H18O3. The quantitative estimate of drug-likeness (QED) is 0.813. The molecule has 0 amide bonds. The third kappa shape index (κ3) is 2.75. The van der Waals surface area contributed by atoms with Gasteiger partial charge in [0.2, 0.25) is 0 Å². The van der Waals surface area contributed by atoms with E-state index in [9.17, 15) is 4.79 Å². The number of rotatable bonds is 3. The van der Waals surface area contributed by atoms with Crippen molar-refractivity contribution in [2.24, 2.45) is 0 Å². The number of fused-ring (bicyclic) bond motifs is 2. The molecule has 1 aliphatic carbocycles. The van der Waals surface area contributed by atoms with Crippen LogP contribution in [0.5, 0.6) is 0 Å². The van der Waals surface area contributed by atoms with Crippen LogP contribution in [0, 0.1) is 0 Å². The van der Waals surface area contributed by atoms with Gasteiger partial charge in [-0.1, -0.05) is 36.4 Å². The van der Waals surface area contributed by atoms with Crippen molar-refractivity contribution in [2.75, 3.05) is 14.2 Å². The molecule has 0 atom stereocenters.